The van der Waals surface area contributed by atoms with Crippen LogP contribution < -0.4 is 10.9 Å². The molecule has 2 N–H and O–H groups in total. The van der Waals surface area contributed by atoms with Crippen LogP contribution in [0.1, 0.15) is 55.1 Å². The summed E-state index contributed by atoms with van der Waals surface area (Å²) >= 11 is 0. The summed E-state index contributed by atoms with van der Waals surface area (Å²) in [6.45, 7) is 10.2. The molecule has 0 spiro atoms. The Morgan fingerprint density at radius 1 is 1.07 bits per heavy atom. The fourth-order valence-corrected chi connectivity index (χ4v) is 3.01. The Morgan fingerprint density at radius 2 is 1.70 bits per heavy atom. The fraction of sp³-hybridized carbons (Fsp3) is 0.550. The molecular formula is C20H29N3O4. The number of hydrazine groups is 1. The maximum atomic E-state index is 12.3. The molecule has 7 nitrogen and oxygen atoms in total. The summed E-state index contributed by atoms with van der Waals surface area (Å²) in [5, 5.41) is 0. The van der Waals surface area contributed by atoms with Crippen LogP contribution in [0, 0.1) is 19.8 Å². The number of carbonyl (C=O) groups excluding carboxylic acids is 3. The van der Waals surface area contributed by atoms with Crippen molar-refractivity contribution in [2.24, 2.45) is 5.92 Å². The second-order valence-electron chi connectivity index (χ2n) is 8.00. The molecule has 1 fully saturated rings. The van der Waals surface area contributed by atoms with Gasteiger partial charge < -0.3 is 9.64 Å². The quantitative estimate of drug-likeness (QED) is 0.778. The summed E-state index contributed by atoms with van der Waals surface area (Å²) in [5.74, 6) is -0.827. The monoisotopic (exact) mass is 375 g/mol. The Kier molecular flexibility index (Phi) is 6.46. The van der Waals surface area contributed by atoms with Crippen LogP contribution in [0.2, 0.25) is 0 Å². The van der Waals surface area contributed by atoms with Crippen LogP contribution in [-0.4, -0.2) is 41.5 Å². The highest BCUT2D eigenvalue weighted by molar-refractivity contribution is 5.96. The molecule has 3 amide bonds. The largest absolute Gasteiger partial charge is 0.444 e. The first-order chi connectivity index (χ1) is 12.6. The maximum absolute atomic E-state index is 12.3. The van der Waals surface area contributed by atoms with E-state index in [4.69, 9.17) is 4.74 Å². The van der Waals surface area contributed by atoms with Crippen molar-refractivity contribution < 1.29 is 19.1 Å². The minimum Gasteiger partial charge on any atom is -0.444 e. The van der Waals surface area contributed by atoms with E-state index in [1.807, 2.05) is 46.8 Å². The van der Waals surface area contributed by atoms with E-state index in [1.54, 1.807) is 11.0 Å². The minimum absolute atomic E-state index is 0.239. The van der Waals surface area contributed by atoms with Crippen molar-refractivity contribution in [2.45, 2.75) is 53.1 Å². The van der Waals surface area contributed by atoms with E-state index in [-0.39, 0.29) is 23.8 Å². The molecule has 0 radical (unpaired) electrons. The summed E-state index contributed by atoms with van der Waals surface area (Å²) in [6.07, 6.45) is 0.708. The number of hydrogen-bond donors (Lipinski definition) is 2. The summed E-state index contributed by atoms with van der Waals surface area (Å²) < 4.78 is 5.35. The molecule has 148 valence electrons. The van der Waals surface area contributed by atoms with Gasteiger partial charge in [0.1, 0.15) is 5.60 Å². The molecule has 1 aliphatic rings. The van der Waals surface area contributed by atoms with Crippen molar-refractivity contribution in [1.82, 2.24) is 15.8 Å². The lowest BCUT2D eigenvalue weighted by atomic mass is 9.96. The molecule has 7 heteroatoms. The number of carbonyl (C=O) groups is 3. The molecule has 27 heavy (non-hydrogen) atoms. The highest BCUT2D eigenvalue weighted by atomic mass is 16.6. The molecule has 0 atom stereocenters. The third-order valence-corrected chi connectivity index (χ3v) is 4.44. The molecular weight excluding hydrogens is 346 g/mol. The van der Waals surface area contributed by atoms with Crippen molar-refractivity contribution in [3.8, 4) is 0 Å². The van der Waals surface area contributed by atoms with Gasteiger partial charge in [-0.3, -0.25) is 20.4 Å². The summed E-state index contributed by atoms with van der Waals surface area (Å²) in [6, 6.07) is 5.52. The van der Waals surface area contributed by atoms with Gasteiger partial charge in [-0.05, 0) is 59.1 Å². The van der Waals surface area contributed by atoms with Crippen LogP contribution >= 0.6 is 0 Å². The molecule has 0 saturated carbocycles. The van der Waals surface area contributed by atoms with E-state index in [1.165, 1.54) is 0 Å². The van der Waals surface area contributed by atoms with Gasteiger partial charge in [0.2, 0.25) is 5.91 Å². The predicted molar refractivity (Wildman–Crippen MR) is 102 cm³/mol. The van der Waals surface area contributed by atoms with E-state index in [0.717, 1.165) is 11.1 Å². The van der Waals surface area contributed by atoms with Gasteiger partial charge in [0, 0.05) is 24.6 Å². The second-order valence-corrected chi connectivity index (χ2v) is 8.00. The molecule has 1 aromatic rings. The van der Waals surface area contributed by atoms with Crippen LogP contribution in [-0.2, 0) is 9.53 Å². The van der Waals surface area contributed by atoms with Gasteiger partial charge >= 0.3 is 6.09 Å². The zero-order valence-corrected chi connectivity index (χ0v) is 16.7. The molecule has 0 unspecified atom stereocenters. The third-order valence-electron chi connectivity index (χ3n) is 4.44. The molecule has 1 aliphatic heterocycles. The van der Waals surface area contributed by atoms with Crippen molar-refractivity contribution in [2.75, 3.05) is 13.1 Å². The predicted octanol–water partition coefficient (Wildman–Crippen LogP) is 2.71. The van der Waals surface area contributed by atoms with Crippen LogP contribution in [0.4, 0.5) is 4.79 Å². The molecule has 0 aliphatic carbocycles. The SMILES string of the molecule is Cc1ccc(C(=O)NNC(=O)C2CCN(C(=O)OC(C)(C)C)CC2)c(C)c1. The lowest BCUT2D eigenvalue weighted by molar-refractivity contribution is -0.127. The number of hydrogen-bond acceptors (Lipinski definition) is 4. The van der Waals surface area contributed by atoms with Crippen molar-refractivity contribution in [3.63, 3.8) is 0 Å². The zero-order chi connectivity index (χ0) is 20.2. The molecule has 1 aromatic carbocycles. The summed E-state index contributed by atoms with van der Waals surface area (Å²) in [4.78, 5) is 38.2. The highest BCUT2D eigenvalue weighted by Gasteiger charge is 2.30. The zero-order valence-electron chi connectivity index (χ0n) is 16.7. The number of benzene rings is 1. The molecule has 0 aromatic heterocycles. The van der Waals surface area contributed by atoms with Gasteiger partial charge in [0.25, 0.3) is 5.91 Å². The smallest absolute Gasteiger partial charge is 0.410 e. The Hall–Kier alpha value is -2.57. The third kappa shape index (κ3) is 5.98. The number of likely N-dealkylation sites (tertiary alicyclic amines) is 1. The number of ether oxygens (including phenoxy) is 1. The first-order valence-electron chi connectivity index (χ1n) is 9.22. The molecule has 1 saturated heterocycles. The Balaban J connectivity index is 1.81. The van der Waals surface area contributed by atoms with Gasteiger partial charge in [0.15, 0.2) is 0 Å². The van der Waals surface area contributed by atoms with Gasteiger partial charge in [-0.1, -0.05) is 17.7 Å². The number of amides is 3. The fourth-order valence-electron chi connectivity index (χ4n) is 3.01. The summed E-state index contributed by atoms with van der Waals surface area (Å²) in [7, 11) is 0. The molecule has 2 rings (SSSR count). The van der Waals surface area contributed by atoms with E-state index < -0.39 is 5.60 Å². The average molecular weight is 375 g/mol. The van der Waals surface area contributed by atoms with Gasteiger partial charge in [-0.15, -0.1) is 0 Å². The highest BCUT2D eigenvalue weighted by Crippen LogP contribution is 2.19. The Morgan fingerprint density at radius 3 is 2.26 bits per heavy atom. The molecule has 0 bridgehead atoms. The lowest BCUT2D eigenvalue weighted by Gasteiger charge is -2.32. The Labute approximate surface area is 160 Å². The van der Waals surface area contributed by atoms with Crippen molar-refractivity contribution in [1.29, 1.82) is 0 Å². The normalized spacial score (nSPS) is 15.2. The standard InChI is InChI=1S/C20H29N3O4/c1-13-6-7-16(14(2)12-13)18(25)22-21-17(24)15-8-10-23(11-9-15)19(26)27-20(3,4)5/h6-7,12,15H,8-11H2,1-5H3,(H,21,24)(H,22,25). The second kappa shape index (κ2) is 8.41. The van der Waals surface area contributed by atoms with E-state index in [0.29, 0.717) is 31.5 Å². The van der Waals surface area contributed by atoms with Crippen molar-refractivity contribution >= 4 is 17.9 Å². The van der Waals surface area contributed by atoms with Crippen LogP contribution in [0.3, 0.4) is 0 Å². The molecule has 1 heterocycles. The van der Waals surface area contributed by atoms with Crippen LogP contribution in [0.5, 0.6) is 0 Å². The van der Waals surface area contributed by atoms with E-state index >= 15 is 0 Å². The van der Waals surface area contributed by atoms with Gasteiger partial charge in [-0.2, -0.15) is 0 Å². The number of piperidine rings is 1. The van der Waals surface area contributed by atoms with E-state index in [9.17, 15) is 14.4 Å². The number of nitrogens with one attached hydrogen (secondary N) is 2. The maximum Gasteiger partial charge on any atom is 0.410 e. The first kappa shape index (κ1) is 20.7. The average Bonchev–Trinajstić information content (AvgIpc) is 2.58. The van der Waals surface area contributed by atoms with Crippen LogP contribution in [0.25, 0.3) is 0 Å². The van der Waals surface area contributed by atoms with Crippen LogP contribution in [0.15, 0.2) is 18.2 Å². The lowest BCUT2D eigenvalue weighted by Crippen LogP contribution is -2.48. The first-order valence-corrected chi connectivity index (χ1v) is 9.22. The Bertz CT molecular complexity index is 716. The minimum atomic E-state index is -0.538. The van der Waals surface area contributed by atoms with Gasteiger partial charge in [-0.25, -0.2) is 4.79 Å². The van der Waals surface area contributed by atoms with Crippen molar-refractivity contribution in [3.05, 3.63) is 34.9 Å². The topological polar surface area (TPSA) is 87.7 Å². The summed E-state index contributed by atoms with van der Waals surface area (Å²) in [5.41, 5.74) is 6.90. The van der Waals surface area contributed by atoms with Gasteiger partial charge in [0.05, 0.1) is 0 Å². The van der Waals surface area contributed by atoms with E-state index in [2.05, 4.69) is 10.9 Å². The number of aryl methyl sites for hydroxylation is 2. The number of rotatable bonds is 2. The number of nitrogens with zero attached hydrogens (tertiary/aromatic N) is 1.